The molecular formula is C13H23NO2S. The molecule has 0 spiro atoms. The third-order valence-electron chi connectivity index (χ3n) is 2.08. The summed E-state index contributed by atoms with van der Waals surface area (Å²) in [5, 5.41) is 0. The minimum Gasteiger partial charge on any atom is -0.284 e. The molecule has 0 aromatic heterocycles. The van der Waals surface area contributed by atoms with Crippen LogP contribution in [0, 0.1) is 0 Å². The van der Waals surface area contributed by atoms with Gasteiger partial charge in [0.1, 0.15) is 0 Å². The SMILES string of the molecule is CC.CCCCc1ccc(NS(C)(=O)=O)cc1. The molecule has 0 radical (unpaired) electrons. The molecule has 0 aliphatic heterocycles. The quantitative estimate of drug-likeness (QED) is 0.878. The molecule has 3 nitrogen and oxygen atoms in total. The summed E-state index contributed by atoms with van der Waals surface area (Å²) in [5.41, 5.74) is 1.87. The lowest BCUT2D eigenvalue weighted by molar-refractivity contribution is 0.607. The predicted molar refractivity (Wildman–Crippen MR) is 74.9 cm³/mol. The predicted octanol–water partition coefficient (Wildman–Crippen LogP) is 3.43. The molecule has 0 fully saturated rings. The van der Waals surface area contributed by atoms with Gasteiger partial charge in [0.2, 0.25) is 10.0 Å². The van der Waals surface area contributed by atoms with Crippen LogP contribution in [0.3, 0.4) is 0 Å². The van der Waals surface area contributed by atoms with Gasteiger partial charge in [-0.1, -0.05) is 39.3 Å². The monoisotopic (exact) mass is 257 g/mol. The van der Waals surface area contributed by atoms with Crippen molar-refractivity contribution in [3.05, 3.63) is 29.8 Å². The first kappa shape index (κ1) is 16.0. The van der Waals surface area contributed by atoms with Crippen molar-refractivity contribution in [2.75, 3.05) is 11.0 Å². The van der Waals surface area contributed by atoms with Gasteiger partial charge in [0, 0.05) is 5.69 Å². The summed E-state index contributed by atoms with van der Waals surface area (Å²) in [6.07, 6.45) is 4.54. The summed E-state index contributed by atoms with van der Waals surface area (Å²) in [5.74, 6) is 0. The first-order valence-electron chi connectivity index (χ1n) is 6.08. The fraction of sp³-hybridized carbons (Fsp3) is 0.538. The van der Waals surface area contributed by atoms with E-state index in [1.807, 2.05) is 26.0 Å². The van der Waals surface area contributed by atoms with Gasteiger partial charge in [0.25, 0.3) is 0 Å². The molecule has 4 heteroatoms. The van der Waals surface area contributed by atoms with E-state index >= 15 is 0 Å². The average molecular weight is 257 g/mol. The Morgan fingerprint density at radius 3 is 2.06 bits per heavy atom. The Bertz CT molecular complexity index is 396. The van der Waals surface area contributed by atoms with Crippen LogP contribution in [0.1, 0.15) is 39.2 Å². The number of rotatable bonds is 5. The lowest BCUT2D eigenvalue weighted by atomic mass is 10.1. The Kier molecular flexibility index (Phi) is 7.63. The Hall–Kier alpha value is -1.03. The molecule has 0 heterocycles. The van der Waals surface area contributed by atoms with Gasteiger partial charge in [-0.25, -0.2) is 8.42 Å². The number of hydrogen-bond donors (Lipinski definition) is 1. The highest BCUT2D eigenvalue weighted by Crippen LogP contribution is 2.12. The van der Waals surface area contributed by atoms with E-state index in [0.717, 1.165) is 12.7 Å². The van der Waals surface area contributed by atoms with E-state index in [2.05, 4.69) is 11.6 Å². The Labute approximate surface area is 105 Å². The standard InChI is InChI=1S/C11H17NO2S.C2H6/c1-3-4-5-10-6-8-11(9-7-10)12-15(2,13)14;1-2/h6-9,12H,3-5H2,1-2H3;1-2H3. The number of anilines is 1. The molecule has 1 aromatic rings. The van der Waals surface area contributed by atoms with E-state index in [9.17, 15) is 8.42 Å². The Morgan fingerprint density at radius 1 is 1.12 bits per heavy atom. The number of hydrogen-bond acceptors (Lipinski definition) is 2. The van der Waals surface area contributed by atoms with Crippen LogP contribution in [-0.2, 0) is 16.4 Å². The van der Waals surface area contributed by atoms with Gasteiger partial charge in [-0.3, -0.25) is 4.72 Å². The fourth-order valence-electron chi connectivity index (χ4n) is 1.33. The number of aryl methyl sites for hydroxylation is 1. The molecule has 0 amide bonds. The molecule has 1 N–H and O–H groups in total. The molecule has 17 heavy (non-hydrogen) atoms. The highest BCUT2D eigenvalue weighted by molar-refractivity contribution is 7.92. The van der Waals surface area contributed by atoms with Crippen molar-refractivity contribution in [3.8, 4) is 0 Å². The second-order valence-electron chi connectivity index (χ2n) is 3.67. The van der Waals surface area contributed by atoms with E-state index in [4.69, 9.17) is 0 Å². The molecule has 1 rings (SSSR count). The zero-order valence-electron chi connectivity index (χ0n) is 11.2. The van der Waals surface area contributed by atoms with Crippen molar-refractivity contribution in [1.29, 1.82) is 0 Å². The summed E-state index contributed by atoms with van der Waals surface area (Å²) in [4.78, 5) is 0. The van der Waals surface area contributed by atoms with Gasteiger partial charge in [-0.05, 0) is 30.5 Å². The fourth-order valence-corrected chi connectivity index (χ4v) is 1.90. The van der Waals surface area contributed by atoms with Gasteiger partial charge < -0.3 is 0 Å². The van der Waals surface area contributed by atoms with Crippen molar-refractivity contribution >= 4 is 15.7 Å². The maximum atomic E-state index is 10.9. The minimum atomic E-state index is -3.16. The maximum Gasteiger partial charge on any atom is 0.229 e. The second kappa shape index (κ2) is 8.12. The summed E-state index contributed by atoms with van der Waals surface area (Å²) in [6, 6.07) is 7.52. The van der Waals surface area contributed by atoms with Crippen molar-refractivity contribution in [2.45, 2.75) is 40.0 Å². The molecule has 0 bridgehead atoms. The molecule has 0 aliphatic carbocycles. The molecule has 0 atom stereocenters. The third kappa shape index (κ3) is 7.80. The van der Waals surface area contributed by atoms with E-state index in [-0.39, 0.29) is 0 Å². The first-order chi connectivity index (χ1) is 8.01. The van der Waals surface area contributed by atoms with Crippen LogP contribution in [-0.4, -0.2) is 14.7 Å². The van der Waals surface area contributed by atoms with Gasteiger partial charge >= 0.3 is 0 Å². The van der Waals surface area contributed by atoms with Gasteiger partial charge in [-0.2, -0.15) is 0 Å². The second-order valence-corrected chi connectivity index (χ2v) is 5.42. The van der Waals surface area contributed by atoms with E-state index in [0.29, 0.717) is 5.69 Å². The summed E-state index contributed by atoms with van der Waals surface area (Å²) >= 11 is 0. The number of sulfonamides is 1. The van der Waals surface area contributed by atoms with E-state index in [1.165, 1.54) is 18.4 Å². The highest BCUT2D eigenvalue weighted by Gasteiger charge is 2.00. The van der Waals surface area contributed by atoms with Gasteiger partial charge in [0.05, 0.1) is 6.26 Å². The third-order valence-corrected chi connectivity index (χ3v) is 2.68. The highest BCUT2D eigenvalue weighted by atomic mass is 32.2. The molecule has 0 unspecified atom stereocenters. The minimum absolute atomic E-state index is 0.623. The summed E-state index contributed by atoms with van der Waals surface area (Å²) in [7, 11) is -3.16. The Morgan fingerprint density at radius 2 is 1.65 bits per heavy atom. The van der Waals surface area contributed by atoms with Crippen LogP contribution in [0.4, 0.5) is 5.69 Å². The molecule has 0 aliphatic rings. The molecular weight excluding hydrogens is 234 g/mol. The van der Waals surface area contributed by atoms with Crippen molar-refractivity contribution in [2.24, 2.45) is 0 Å². The molecule has 1 aromatic carbocycles. The van der Waals surface area contributed by atoms with E-state index in [1.54, 1.807) is 12.1 Å². The van der Waals surface area contributed by atoms with Gasteiger partial charge in [-0.15, -0.1) is 0 Å². The topological polar surface area (TPSA) is 46.2 Å². The van der Waals surface area contributed by atoms with Crippen LogP contribution in [0.15, 0.2) is 24.3 Å². The lowest BCUT2D eigenvalue weighted by Crippen LogP contribution is -2.09. The zero-order chi connectivity index (χ0) is 13.3. The largest absolute Gasteiger partial charge is 0.284 e. The van der Waals surface area contributed by atoms with Crippen LogP contribution in [0.25, 0.3) is 0 Å². The van der Waals surface area contributed by atoms with Crippen molar-refractivity contribution in [1.82, 2.24) is 0 Å². The first-order valence-corrected chi connectivity index (χ1v) is 7.97. The van der Waals surface area contributed by atoms with Crippen LogP contribution in [0.5, 0.6) is 0 Å². The zero-order valence-corrected chi connectivity index (χ0v) is 12.0. The summed E-state index contributed by atoms with van der Waals surface area (Å²) < 4.78 is 24.3. The normalized spacial score (nSPS) is 10.4. The number of benzene rings is 1. The van der Waals surface area contributed by atoms with Crippen LogP contribution < -0.4 is 4.72 Å². The van der Waals surface area contributed by atoms with Crippen molar-refractivity contribution in [3.63, 3.8) is 0 Å². The summed E-state index contributed by atoms with van der Waals surface area (Å²) in [6.45, 7) is 6.15. The Balaban J connectivity index is 0.00000121. The van der Waals surface area contributed by atoms with E-state index < -0.39 is 10.0 Å². The smallest absolute Gasteiger partial charge is 0.229 e. The van der Waals surface area contributed by atoms with Crippen LogP contribution in [0.2, 0.25) is 0 Å². The number of unbranched alkanes of at least 4 members (excludes halogenated alkanes) is 1. The van der Waals surface area contributed by atoms with Crippen LogP contribution >= 0.6 is 0 Å². The van der Waals surface area contributed by atoms with Gasteiger partial charge in [0.15, 0.2) is 0 Å². The molecule has 0 saturated carbocycles. The molecule has 0 saturated heterocycles. The van der Waals surface area contributed by atoms with Crippen molar-refractivity contribution < 1.29 is 8.42 Å². The number of nitrogens with one attached hydrogen (secondary N) is 1. The maximum absolute atomic E-state index is 10.9. The molecule has 98 valence electrons. The average Bonchev–Trinajstić information content (AvgIpc) is 2.29. The lowest BCUT2D eigenvalue weighted by Gasteiger charge is -2.05.